The number of anilines is 5. The SMILES string of the molecule is C=CC(=O)Nc1cccc(N2CCn3c2c(-c2ccc(Oc4cccc(C)n4)c(F)c2)c2c(N)ncnc23)c1N1CCN(C)CC1. The molecule has 11 nitrogen and oxygen atoms in total. The summed E-state index contributed by atoms with van der Waals surface area (Å²) in [5, 5.41) is 3.67. The number of nitrogens with zero attached hydrogens (tertiary/aromatic N) is 7. The van der Waals surface area contributed by atoms with Crippen molar-refractivity contribution in [2.45, 2.75) is 13.5 Å². The Morgan fingerprint density at radius 2 is 1.85 bits per heavy atom. The van der Waals surface area contributed by atoms with Gasteiger partial charge in [0.1, 0.15) is 23.6 Å². The lowest BCUT2D eigenvalue weighted by molar-refractivity contribution is -0.111. The molecule has 1 saturated heterocycles. The van der Waals surface area contributed by atoms with Gasteiger partial charge < -0.3 is 35.1 Å². The predicted molar refractivity (Wildman–Crippen MR) is 178 cm³/mol. The number of piperazine rings is 1. The molecule has 12 heteroatoms. The average Bonchev–Trinajstić information content (AvgIpc) is 3.62. The number of fused-ring (bicyclic) bond motifs is 3. The largest absolute Gasteiger partial charge is 0.436 e. The Labute approximate surface area is 265 Å². The lowest BCUT2D eigenvalue weighted by atomic mass is 10.0. The van der Waals surface area contributed by atoms with Crippen LogP contribution in [-0.2, 0) is 11.3 Å². The Hall–Kier alpha value is -5.49. The van der Waals surface area contributed by atoms with Crippen LogP contribution in [0.2, 0.25) is 0 Å². The molecule has 5 aromatic rings. The van der Waals surface area contributed by atoms with Crippen LogP contribution in [0.25, 0.3) is 22.2 Å². The van der Waals surface area contributed by atoms with Gasteiger partial charge in [0.05, 0.1) is 22.4 Å². The normalized spacial score (nSPS) is 14.8. The van der Waals surface area contributed by atoms with Crippen molar-refractivity contribution in [3.05, 3.63) is 85.1 Å². The van der Waals surface area contributed by atoms with Gasteiger partial charge in [-0.2, -0.15) is 0 Å². The van der Waals surface area contributed by atoms with Crippen molar-refractivity contribution in [3.8, 4) is 22.8 Å². The Balaban J connectivity index is 1.38. The summed E-state index contributed by atoms with van der Waals surface area (Å²) in [4.78, 5) is 32.6. The number of aryl methyl sites for hydroxylation is 1. The van der Waals surface area contributed by atoms with Crippen molar-refractivity contribution in [2.24, 2.45) is 0 Å². The minimum Gasteiger partial charge on any atom is -0.436 e. The standard InChI is InChI=1S/C34H34FN9O2/c1-4-27(45)40-24-8-6-9-25(31(24)42-15-13-41(3)14-16-42)43-17-18-44-33-30(32(36)37-20-38-33)29(34(43)44)22-11-12-26(23(35)19-22)46-28-10-5-7-21(2)39-28/h4-12,19-20H,1,13-18H2,2-3H3,(H,40,45)(H2,36,37,38). The Morgan fingerprint density at radius 3 is 2.61 bits per heavy atom. The fourth-order valence-electron chi connectivity index (χ4n) is 6.31. The monoisotopic (exact) mass is 619 g/mol. The number of para-hydroxylation sites is 1. The number of rotatable bonds is 7. The van der Waals surface area contributed by atoms with E-state index in [1.807, 2.05) is 37.3 Å². The molecule has 2 aliphatic heterocycles. The molecule has 7 rings (SSSR count). The van der Waals surface area contributed by atoms with E-state index in [1.54, 1.807) is 12.1 Å². The number of pyridine rings is 1. The van der Waals surface area contributed by atoms with Crippen LogP contribution in [0.15, 0.2) is 73.6 Å². The molecule has 2 aliphatic rings. The van der Waals surface area contributed by atoms with Crippen molar-refractivity contribution in [1.82, 2.24) is 24.4 Å². The number of carbonyl (C=O) groups is 1. The number of nitrogens with two attached hydrogens (primary N) is 1. The Bertz CT molecular complexity index is 1980. The van der Waals surface area contributed by atoms with Crippen molar-refractivity contribution in [2.75, 3.05) is 60.6 Å². The minimum atomic E-state index is -0.541. The van der Waals surface area contributed by atoms with Crippen LogP contribution in [0.3, 0.4) is 0 Å². The molecule has 234 valence electrons. The molecular weight excluding hydrogens is 585 g/mol. The summed E-state index contributed by atoms with van der Waals surface area (Å²) in [5.74, 6) is 0.666. The number of amides is 1. The molecule has 0 spiro atoms. The van der Waals surface area contributed by atoms with Crippen molar-refractivity contribution in [1.29, 1.82) is 0 Å². The average molecular weight is 620 g/mol. The molecule has 5 heterocycles. The molecule has 0 unspecified atom stereocenters. The second kappa shape index (κ2) is 11.8. The summed E-state index contributed by atoms with van der Waals surface area (Å²) in [6.45, 7) is 10.1. The van der Waals surface area contributed by atoms with Gasteiger partial charge in [0.15, 0.2) is 11.6 Å². The topological polar surface area (TPSA) is 118 Å². The third-order valence-electron chi connectivity index (χ3n) is 8.51. The maximum absolute atomic E-state index is 15.8. The first-order chi connectivity index (χ1) is 22.3. The molecule has 1 amide bonds. The molecule has 46 heavy (non-hydrogen) atoms. The van der Waals surface area contributed by atoms with E-state index in [9.17, 15) is 4.79 Å². The zero-order chi connectivity index (χ0) is 31.9. The van der Waals surface area contributed by atoms with E-state index in [0.29, 0.717) is 47.1 Å². The fourth-order valence-corrected chi connectivity index (χ4v) is 6.31. The first-order valence-electron chi connectivity index (χ1n) is 15.1. The number of aromatic nitrogens is 4. The van der Waals surface area contributed by atoms with E-state index in [2.05, 4.69) is 59.2 Å². The maximum atomic E-state index is 15.8. The highest BCUT2D eigenvalue weighted by molar-refractivity contribution is 6.09. The third-order valence-corrected chi connectivity index (χ3v) is 8.51. The zero-order valence-electron chi connectivity index (χ0n) is 25.7. The van der Waals surface area contributed by atoms with Gasteiger partial charge in [-0.3, -0.25) is 4.79 Å². The number of nitrogen functional groups attached to an aromatic ring is 1. The summed E-state index contributed by atoms with van der Waals surface area (Å²) in [6, 6.07) is 16.1. The molecule has 2 aromatic carbocycles. The number of likely N-dealkylation sites (N-methyl/N-ethyl adjacent to an activating group) is 1. The summed E-state index contributed by atoms with van der Waals surface area (Å²) >= 11 is 0. The fraction of sp³-hybridized carbons (Fsp3) is 0.235. The van der Waals surface area contributed by atoms with Crippen LogP contribution in [0.5, 0.6) is 11.6 Å². The molecule has 0 saturated carbocycles. The first kappa shape index (κ1) is 29.2. The van der Waals surface area contributed by atoms with Crippen molar-refractivity contribution < 1.29 is 13.9 Å². The lowest BCUT2D eigenvalue weighted by Crippen LogP contribution is -2.45. The zero-order valence-corrected chi connectivity index (χ0v) is 25.7. The van der Waals surface area contributed by atoms with Gasteiger partial charge in [0.2, 0.25) is 11.8 Å². The van der Waals surface area contributed by atoms with E-state index in [4.69, 9.17) is 10.5 Å². The van der Waals surface area contributed by atoms with Gasteiger partial charge in [0.25, 0.3) is 0 Å². The van der Waals surface area contributed by atoms with E-state index in [-0.39, 0.29) is 11.7 Å². The highest BCUT2D eigenvalue weighted by atomic mass is 19.1. The van der Waals surface area contributed by atoms with Crippen LogP contribution >= 0.6 is 0 Å². The smallest absolute Gasteiger partial charge is 0.247 e. The Kier molecular flexibility index (Phi) is 7.49. The van der Waals surface area contributed by atoms with Gasteiger partial charge in [-0.15, -0.1) is 0 Å². The number of halogens is 1. The van der Waals surface area contributed by atoms with Gasteiger partial charge in [-0.1, -0.05) is 24.8 Å². The second-order valence-corrected chi connectivity index (χ2v) is 11.5. The quantitative estimate of drug-likeness (QED) is 0.233. The van der Waals surface area contributed by atoms with Crippen molar-refractivity contribution >= 4 is 45.6 Å². The summed E-state index contributed by atoms with van der Waals surface area (Å²) in [6.07, 6.45) is 2.72. The highest BCUT2D eigenvalue weighted by Gasteiger charge is 2.34. The number of benzene rings is 2. The van der Waals surface area contributed by atoms with E-state index in [1.165, 1.54) is 18.5 Å². The number of carbonyl (C=O) groups excluding carboxylic acids is 1. The first-order valence-corrected chi connectivity index (χ1v) is 15.1. The number of hydrogen-bond donors (Lipinski definition) is 2. The third kappa shape index (κ3) is 5.16. The summed E-state index contributed by atoms with van der Waals surface area (Å²) < 4.78 is 23.7. The molecular formula is C34H34FN9O2. The molecule has 0 bridgehead atoms. The maximum Gasteiger partial charge on any atom is 0.247 e. The molecule has 0 radical (unpaired) electrons. The molecule has 0 aliphatic carbocycles. The van der Waals surface area contributed by atoms with Gasteiger partial charge in [-0.05, 0) is 55.9 Å². The van der Waals surface area contributed by atoms with E-state index in [0.717, 1.165) is 54.6 Å². The molecule has 3 aromatic heterocycles. The summed E-state index contributed by atoms with van der Waals surface area (Å²) in [7, 11) is 2.10. The highest BCUT2D eigenvalue weighted by Crippen LogP contribution is 2.50. The van der Waals surface area contributed by atoms with E-state index >= 15 is 4.39 Å². The van der Waals surface area contributed by atoms with Gasteiger partial charge >= 0.3 is 0 Å². The minimum absolute atomic E-state index is 0.0612. The summed E-state index contributed by atoms with van der Waals surface area (Å²) in [5.41, 5.74) is 11.8. The van der Waals surface area contributed by atoms with Gasteiger partial charge in [0, 0.05) is 56.6 Å². The van der Waals surface area contributed by atoms with Crippen LogP contribution in [0.4, 0.5) is 33.1 Å². The Morgan fingerprint density at radius 1 is 1.04 bits per heavy atom. The van der Waals surface area contributed by atoms with Crippen molar-refractivity contribution in [3.63, 3.8) is 0 Å². The molecule has 1 fully saturated rings. The van der Waals surface area contributed by atoms with E-state index < -0.39 is 5.82 Å². The van der Waals surface area contributed by atoms with Gasteiger partial charge in [-0.25, -0.2) is 19.3 Å². The van der Waals surface area contributed by atoms with Crippen LogP contribution in [-0.4, -0.2) is 70.1 Å². The van der Waals surface area contributed by atoms with Crippen LogP contribution < -0.4 is 25.6 Å². The molecule has 0 atom stereocenters. The number of hydrogen-bond acceptors (Lipinski definition) is 9. The van der Waals surface area contributed by atoms with Crippen LogP contribution in [0, 0.1) is 12.7 Å². The lowest BCUT2D eigenvalue weighted by Gasteiger charge is -2.37. The number of nitrogens with one attached hydrogen (secondary N) is 1. The molecule has 3 N–H and O–H groups in total. The second-order valence-electron chi connectivity index (χ2n) is 11.5. The van der Waals surface area contributed by atoms with Crippen LogP contribution in [0.1, 0.15) is 5.69 Å². The predicted octanol–water partition coefficient (Wildman–Crippen LogP) is 5.34. The number of ether oxygens (including phenoxy) is 1.